The SMILES string of the molecule is CNC(=O)c1c(-c2ccc(F)cc2)nn2ccc(N)cc12. The molecule has 0 aliphatic rings. The Morgan fingerprint density at radius 1 is 1.29 bits per heavy atom. The summed E-state index contributed by atoms with van der Waals surface area (Å²) >= 11 is 0. The van der Waals surface area contributed by atoms with E-state index in [0.717, 1.165) is 0 Å². The minimum atomic E-state index is -0.340. The first kappa shape index (κ1) is 13.1. The van der Waals surface area contributed by atoms with Crippen molar-refractivity contribution in [3.8, 4) is 11.3 Å². The number of nitrogens with two attached hydrogens (primary N) is 1. The molecule has 6 heteroatoms. The molecule has 0 saturated heterocycles. The van der Waals surface area contributed by atoms with Crippen molar-refractivity contribution in [1.82, 2.24) is 14.9 Å². The number of carbonyl (C=O) groups is 1. The minimum absolute atomic E-state index is 0.269. The van der Waals surface area contributed by atoms with Gasteiger partial charge in [-0.25, -0.2) is 8.91 Å². The van der Waals surface area contributed by atoms with Crippen LogP contribution in [0.4, 0.5) is 10.1 Å². The number of carbonyl (C=O) groups excluding carboxylic acids is 1. The molecule has 1 aromatic carbocycles. The van der Waals surface area contributed by atoms with Gasteiger partial charge in [0.2, 0.25) is 0 Å². The average Bonchev–Trinajstić information content (AvgIpc) is 2.85. The smallest absolute Gasteiger partial charge is 0.255 e. The monoisotopic (exact) mass is 284 g/mol. The van der Waals surface area contributed by atoms with Gasteiger partial charge < -0.3 is 11.1 Å². The highest BCUT2D eigenvalue weighted by molar-refractivity contribution is 6.06. The lowest BCUT2D eigenvalue weighted by molar-refractivity contribution is 0.0965. The summed E-state index contributed by atoms with van der Waals surface area (Å²) in [5.41, 5.74) is 8.49. The lowest BCUT2D eigenvalue weighted by atomic mass is 10.1. The summed E-state index contributed by atoms with van der Waals surface area (Å²) in [4.78, 5) is 12.2. The highest BCUT2D eigenvalue weighted by Gasteiger charge is 2.20. The fourth-order valence-electron chi connectivity index (χ4n) is 2.22. The molecule has 3 rings (SSSR count). The number of hydrogen-bond acceptors (Lipinski definition) is 3. The van der Waals surface area contributed by atoms with Crippen molar-refractivity contribution in [1.29, 1.82) is 0 Å². The van der Waals surface area contributed by atoms with Crippen molar-refractivity contribution in [2.75, 3.05) is 12.8 Å². The molecule has 2 aromatic heterocycles. The molecule has 5 nitrogen and oxygen atoms in total. The van der Waals surface area contributed by atoms with Crippen molar-refractivity contribution >= 4 is 17.1 Å². The number of benzene rings is 1. The normalized spacial score (nSPS) is 10.8. The Bertz CT molecular complexity index is 824. The Labute approximate surface area is 120 Å². The second-order valence-electron chi connectivity index (χ2n) is 4.60. The fraction of sp³-hybridized carbons (Fsp3) is 0.0667. The number of rotatable bonds is 2. The van der Waals surface area contributed by atoms with Gasteiger partial charge in [0.05, 0.1) is 11.1 Å². The predicted molar refractivity (Wildman–Crippen MR) is 78.4 cm³/mol. The largest absolute Gasteiger partial charge is 0.399 e. The molecule has 0 unspecified atom stereocenters. The number of pyridine rings is 1. The molecule has 3 aromatic rings. The maximum Gasteiger partial charge on any atom is 0.255 e. The van der Waals surface area contributed by atoms with Crippen LogP contribution < -0.4 is 11.1 Å². The van der Waals surface area contributed by atoms with Gasteiger partial charge in [-0.3, -0.25) is 4.79 Å². The van der Waals surface area contributed by atoms with Crippen molar-refractivity contribution in [2.24, 2.45) is 0 Å². The molecule has 0 atom stereocenters. The molecule has 0 fully saturated rings. The first-order valence-electron chi connectivity index (χ1n) is 6.36. The summed E-state index contributed by atoms with van der Waals surface area (Å²) < 4.78 is 14.6. The fourth-order valence-corrected chi connectivity index (χ4v) is 2.22. The predicted octanol–water partition coefficient (Wildman–Crippen LogP) is 2.08. The topological polar surface area (TPSA) is 72.4 Å². The first-order valence-corrected chi connectivity index (χ1v) is 6.36. The number of fused-ring (bicyclic) bond motifs is 1. The number of nitrogen functional groups attached to an aromatic ring is 1. The second-order valence-corrected chi connectivity index (χ2v) is 4.60. The number of halogens is 1. The molecule has 0 aliphatic carbocycles. The number of amides is 1. The van der Waals surface area contributed by atoms with Crippen LogP contribution in [0.15, 0.2) is 42.6 Å². The molecular formula is C15H13FN4O. The third kappa shape index (κ3) is 2.20. The Balaban J connectivity index is 2.30. The van der Waals surface area contributed by atoms with Gasteiger partial charge in [0.1, 0.15) is 11.5 Å². The quantitative estimate of drug-likeness (QED) is 0.756. The van der Waals surface area contributed by atoms with Crippen LogP contribution >= 0.6 is 0 Å². The third-order valence-corrected chi connectivity index (χ3v) is 3.23. The first-order chi connectivity index (χ1) is 10.1. The van der Waals surface area contributed by atoms with Crippen LogP contribution in [0.1, 0.15) is 10.4 Å². The minimum Gasteiger partial charge on any atom is -0.399 e. The molecule has 0 aliphatic heterocycles. The highest BCUT2D eigenvalue weighted by atomic mass is 19.1. The Hall–Kier alpha value is -2.89. The lowest BCUT2D eigenvalue weighted by Gasteiger charge is -2.02. The van der Waals surface area contributed by atoms with Crippen molar-refractivity contribution in [2.45, 2.75) is 0 Å². The number of nitrogens with zero attached hydrogens (tertiary/aromatic N) is 2. The summed E-state index contributed by atoms with van der Waals surface area (Å²) in [5, 5.41) is 6.99. The van der Waals surface area contributed by atoms with Gasteiger partial charge in [-0.1, -0.05) is 0 Å². The molecule has 3 N–H and O–H groups in total. The number of aromatic nitrogens is 2. The van der Waals surface area contributed by atoms with Crippen LogP contribution in [-0.4, -0.2) is 22.6 Å². The Morgan fingerprint density at radius 2 is 2.00 bits per heavy atom. The number of nitrogens with one attached hydrogen (secondary N) is 1. The van der Waals surface area contributed by atoms with E-state index in [-0.39, 0.29) is 11.7 Å². The zero-order chi connectivity index (χ0) is 15.0. The van der Waals surface area contributed by atoms with Crippen LogP contribution in [-0.2, 0) is 0 Å². The standard InChI is InChI=1S/C15H13FN4O/c1-18-15(21)13-12-8-11(17)6-7-20(12)19-14(13)9-2-4-10(16)5-3-9/h2-8H,17H2,1H3,(H,18,21). The van der Waals surface area contributed by atoms with Crippen LogP contribution in [0, 0.1) is 5.82 Å². The van der Waals surface area contributed by atoms with Gasteiger partial charge in [-0.15, -0.1) is 0 Å². The highest BCUT2D eigenvalue weighted by Crippen LogP contribution is 2.27. The van der Waals surface area contributed by atoms with E-state index in [1.165, 1.54) is 12.1 Å². The Morgan fingerprint density at radius 3 is 2.67 bits per heavy atom. The van der Waals surface area contributed by atoms with E-state index in [9.17, 15) is 9.18 Å². The third-order valence-electron chi connectivity index (χ3n) is 3.23. The molecule has 0 radical (unpaired) electrons. The summed E-state index contributed by atoms with van der Waals surface area (Å²) in [6, 6.07) is 9.23. The number of hydrogen-bond donors (Lipinski definition) is 2. The Kier molecular flexibility index (Phi) is 3.06. The molecule has 0 saturated carbocycles. The lowest BCUT2D eigenvalue weighted by Crippen LogP contribution is -2.18. The maximum atomic E-state index is 13.1. The van der Waals surface area contributed by atoms with E-state index in [1.807, 2.05) is 0 Å². The van der Waals surface area contributed by atoms with Crippen molar-refractivity contribution in [3.63, 3.8) is 0 Å². The molecule has 0 bridgehead atoms. The molecule has 106 valence electrons. The molecule has 0 spiro atoms. The van der Waals surface area contributed by atoms with Gasteiger partial charge in [0.15, 0.2) is 0 Å². The molecule has 21 heavy (non-hydrogen) atoms. The van der Waals surface area contributed by atoms with Gasteiger partial charge in [0.25, 0.3) is 5.91 Å². The van der Waals surface area contributed by atoms with E-state index in [0.29, 0.717) is 28.0 Å². The van der Waals surface area contributed by atoms with E-state index in [1.54, 1.807) is 42.0 Å². The van der Waals surface area contributed by atoms with E-state index in [4.69, 9.17) is 5.73 Å². The molecule has 1 amide bonds. The average molecular weight is 284 g/mol. The summed E-state index contributed by atoms with van der Waals surface area (Å²) in [6.45, 7) is 0. The van der Waals surface area contributed by atoms with Gasteiger partial charge in [0, 0.05) is 24.5 Å². The van der Waals surface area contributed by atoms with Gasteiger partial charge in [-0.05, 0) is 36.4 Å². The summed E-state index contributed by atoms with van der Waals surface area (Å²) in [6.07, 6.45) is 1.68. The van der Waals surface area contributed by atoms with Crippen LogP contribution in [0.5, 0.6) is 0 Å². The zero-order valence-electron chi connectivity index (χ0n) is 11.3. The molecule has 2 heterocycles. The summed E-state index contributed by atoms with van der Waals surface area (Å²) in [5.74, 6) is -0.608. The van der Waals surface area contributed by atoms with Crippen molar-refractivity contribution in [3.05, 3.63) is 54.0 Å². The van der Waals surface area contributed by atoms with E-state index >= 15 is 0 Å². The van der Waals surface area contributed by atoms with E-state index < -0.39 is 0 Å². The van der Waals surface area contributed by atoms with Crippen LogP contribution in [0.2, 0.25) is 0 Å². The number of anilines is 1. The zero-order valence-corrected chi connectivity index (χ0v) is 11.3. The maximum absolute atomic E-state index is 13.1. The van der Waals surface area contributed by atoms with Crippen LogP contribution in [0.3, 0.4) is 0 Å². The molecular weight excluding hydrogens is 271 g/mol. The van der Waals surface area contributed by atoms with Crippen LogP contribution in [0.25, 0.3) is 16.8 Å². The summed E-state index contributed by atoms with van der Waals surface area (Å²) in [7, 11) is 1.55. The second kappa shape index (κ2) is 4.90. The van der Waals surface area contributed by atoms with Crippen molar-refractivity contribution < 1.29 is 9.18 Å². The van der Waals surface area contributed by atoms with Gasteiger partial charge >= 0.3 is 0 Å². The van der Waals surface area contributed by atoms with E-state index in [2.05, 4.69) is 10.4 Å². The van der Waals surface area contributed by atoms with Gasteiger partial charge in [-0.2, -0.15) is 5.10 Å².